The third-order valence-electron chi connectivity index (χ3n) is 5.84. The number of aromatic nitrogens is 2. The number of cyclic esters (lactones) is 1. The molecule has 3 aromatic rings. The average molecular weight is 466 g/mol. The fraction of sp³-hybridized carbons (Fsp3) is 0.375. The summed E-state index contributed by atoms with van der Waals surface area (Å²) in [5.41, 5.74) is 2.72. The smallest absolute Gasteiger partial charge is 0.414 e. The van der Waals surface area contributed by atoms with Crippen molar-refractivity contribution in [2.75, 3.05) is 44.9 Å². The molecule has 5 rings (SSSR count). The number of amides is 1. The van der Waals surface area contributed by atoms with Crippen molar-refractivity contribution in [3.8, 4) is 17.4 Å². The molecular formula is C24H26N4O6. The van der Waals surface area contributed by atoms with Crippen LogP contribution in [0.5, 0.6) is 17.4 Å². The highest BCUT2D eigenvalue weighted by atomic mass is 16.6. The number of aliphatic hydroxyl groups excluding tert-OH is 1. The lowest BCUT2D eigenvalue weighted by Crippen LogP contribution is -2.32. The van der Waals surface area contributed by atoms with Crippen molar-refractivity contribution < 1.29 is 28.8 Å². The Morgan fingerprint density at radius 3 is 2.91 bits per heavy atom. The van der Waals surface area contributed by atoms with E-state index in [4.69, 9.17) is 18.9 Å². The summed E-state index contributed by atoms with van der Waals surface area (Å²) in [5.74, 6) is 1.77. The molecule has 10 nitrogen and oxygen atoms in total. The average Bonchev–Trinajstić information content (AvgIpc) is 3.25. The molecule has 2 aliphatic rings. The number of hydrogen-bond acceptors (Lipinski definition) is 9. The molecule has 0 spiro atoms. The van der Waals surface area contributed by atoms with E-state index < -0.39 is 12.2 Å². The summed E-state index contributed by atoms with van der Waals surface area (Å²) in [6.07, 6.45) is 0.701. The number of anilines is 1. The Morgan fingerprint density at radius 2 is 2.06 bits per heavy atom. The highest BCUT2D eigenvalue weighted by Gasteiger charge is 2.32. The molecule has 4 heterocycles. The summed E-state index contributed by atoms with van der Waals surface area (Å²) in [7, 11) is 1.55. The van der Waals surface area contributed by atoms with Crippen LogP contribution in [0.15, 0.2) is 42.6 Å². The standard InChI is InChI=1S/C24H26N4O6/c1-31-22-5-3-18-23(27-22)17(6-9-26-18)19(29)7-8-25-13-16-14-28(24(30)34-16)15-2-4-20-21(12-15)33-11-10-32-20/h2-6,9,12,16,19,25,29H,7-8,10-11,13-14H2,1H3/t16-,19+/m1/s1. The topological polar surface area (TPSA) is 115 Å². The molecule has 1 saturated heterocycles. The van der Waals surface area contributed by atoms with Crippen molar-refractivity contribution in [2.45, 2.75) is 18.6 Å². The molecule has 2 aliphatic heterocycles. The van der Waals surface area contributed by atoms with E-state index in [1.165, 1.54) is 0 Å². The van der Waals surface area contributed by atoms with E-state index in [9.17, 15) is 9.90 Å². The lowest BCUT2D eigenvalue weighted by molar-refractivity contribution is 0.136. The number of fused-ring (bicyclic) bond motifs is 2. The van der Waals surface area contributed by atoms with E-state index in [2.05, 4.69) is 15.3 Å². The molecule has 2 N–H and O–H groups in total. The number of benzene rings is 1. The lowest BCUT2D eigenvalue weighted by atomic mass is 10.1. The van der Waals surface area contributed by atoms with E-state index in [0.717, 1.165) is 0 Å². The predicted octanol–water partition coefficient (Wildman–Crippen LogP) is 2.45. The number of methoxy groups -OCH3 is 1. The van der Waals surface area contributed by atoms with Crippen molar-refractivity contribution in [3.05, 3.63) is 48.2 Å². The molecule has 1 fully saturated rings. The van der Waals surface area contributed by atoms with Crippen LogP contribution in [-0.2, 0) is 4.74 Å². The Labute approximate surface area is 196 Å². The van der Waals surface area contributed by atoms with Crippen LogP contribution in [0.4, 0.5) is 10.5 Å². The molecular weight excluding hydrogens is 440 g/mol. The third-order valence-corrected chi connectivity index (χ3v) is 5.84. The lowest BCUT2D eigenvalue weighted by Gasteiger charge is -2.21. The summed E-state index contributed by atoms with van der Waals surface area (Å²) in [6.45, 7) is 2.43. The van der Waals surface area contributed by atoms with E-state index in [1.807, 2.05) is 12.1 Å². The second kappa shape index (κ2) is 9.70. The minimum absolute atomic E-state index is 0.300. The van der Waals surface area contributed by atoms with Gasteiger partial charge in [-0.25, -0.2) is 9.78 Å². The Balaban J connectivity index is 1.14. The first-order valence-electron chi connectivity index (χ1n) is 11.2. The van der Waals surface area contributed by atoms with E-state index in [1.54, 1.807) is 42.5 Å². The molecule has 0 aliphatic carbocycles. The molecule has 0 radical (unpaired) electrons. The summed E-state index contributed by atoms with van der Waals surface area (Å²) in [5, 5.41) is 14.0. The van der Waals surface area contributed by atoms with Gasteiger partial charge in [0.05, 0.1) is 36.5 Å². The van der Waals surface area contributed by atoms with Crippen molar-refractivity contribution >= 4 is 22.8 Å². The number of pyridine rings is 2. The van der Waals surface area contributed by atoms with Crippen LogP contribution in [0, 0.1) is 0 Å². The van der Waals surface area contributed by atoms with Gasteiger partial charge in [-0.3, -0.25) is 9.88 Å². The van der Waals surface area contributed by atoms with Crippen LogP contribution >= 0.6 is 0 Å². The van der Waals surface area contributed by atoms with Gasteiger partial charge in [0.25, 0.3) is 0 Å². The molecule has 0 saturated carbocycles. The first-order valence-corrected chi connectivity index (χ1v) is 11.2. The Hall–Kier alpha value is -3.63. The molecule has 2 aromatic heterocycles. The highest BCUT2D eigenvalue weighted by Crippen LogP contribution is 2.35. The molecule has 34 heavy (non-hydrogen) atoms. The highest BCUT2D eigenvalue weighted by molar-refractivity contribution is 5.90. The van der Waals surface area contributed by atoms with Crippen LogP contribution in [0.2, 0.25) is 0 Å². The minimum Gasteiger partial charge on any atom is -0.486 e. The number of carbonyl (C=O) groups excluding carboxylic acids is 1. The number of rotatable bonds is 8. The van der Waals surface area contributed by atoms with Crippen LogP contribution < -0.4 is 24.4 Å². The second-order valence-electron chi connectivity index (χ2n) is 8.07. The molecule has 2 atom stereocenters. The summed E-state index contributed by atoms with van der Waals surface area (Å²) in [4.78, 5) is 22.7. The summed E-state index contributed by atoms with van der Waals surface area (Å²) < 4.78 is 21.8. The Morgan fingerprint density at radius 1 is 1.21 bits per heavy atom. The van der Waals surface area contributed by atoms with Gasteiger partial charge in [-0.05, 0) is 37.2 Å². The Kier molecular flexibility index (Phi) is 6.33. The van der Waals surface area contributed by atoms with Gasteiger partial charge in [-0.15, -0.1) is 0 Å². The first-order chi connectivity index (χ1) is 16.6. The maximum absolute atomic E-state index is 12.4. The number of nitrogens with zero attached hydrogens (tertiary/aromatic N) is 3. The van der Waals surface area contributed by atoms with Crippen molar-refractivity contribution in [1.29, 1.82) is 0 Å². The van der Waals surface area contributed by atoms with Gasteiger partial charge in [-0.2, -0.15) is 0 Å². The number of aliphatic hydroxyl groups is 1. The fourth-order valence-electron chi connectivity index (χ4n) is 4.11. The predicted molar refractivity (Wildman–Crippen MR) is 124 cm³/mol. The third kappa shape index (κ3) is 4.55. The van der Waals surface area contributed by atoms with Crippen molar-refractivity contribution in [2.24, 2.45) is 0 Å². The van der Waals surface area contributed by atoms with Crippen LogP contribution in [-0.4, -0.2) is 67.2 Å². The number of ether oxygens (including phenoxy) is 4. The van der Waals surface area contributed by atoms with Gasteiger partial charge in [0.1, 0.15) is 19.3 Å². The van der Waals surface area contributed by atoms with E-state index in [0.29, 0.717) is 78.9 Å². The zero-order chi connectivity index (χ0) is 23.5. The first kappa shape index (κ1) is 22.2. The molecule has 1 amide bonds. The fourth-order valence-corrected chi connectivity index (χ4v) is 4.11. The van der Waals surface area contributed by atoms with Gasteiger partial charge < -0.3 is 29.4 Å². The minimum atomic E-state index is -0.724. The molecule has 1 aromatic carbocycles. The molecule has 178 valence electrons. The van der Waals surface area contributed by atoms with Crippen LogP contribution in [0.25, 0.3) is 11.0 Å². The number of carbonyl (C=O) groups is 1. The SMILES string of the molecule is COc1ccc2nccc([C@@H](O)CCNC[C@@H]3CN(c4ccc5c(c4)OCCO5)C(=O)O3)c2n1. The van der Waals surface area contributed by atoms with Crippen LogP contribution in [0.1, 0.15) is 18.1 Å². The second-order valence-corrected chi connectivity index (χ2v) is 8.07. The van der Waals surface area contributed by atoms with Gasteiger partial charge in [0.15, 0.2) is 11.5 Å². The summed E-state index contributed by atoms with van der Waals surface area (Å²) in [6, 6.07) is 10.7. The number of nitrogens with one attached hydrogen (secondary N) is 1. The maximum Gasteiger partial charge on any atom is 0.414 e. The van der Waals surface area contributed by atoms with E-state index in [-0.39, 0.29) is 6.10 Å². The van der Waals surface area contributed by atoms with Crippen molar-refractivity contribution in [3.63, 3.8) is 0 Å². The van der Waals surface area contributed by atoms with E-state index >= 15 is 0 Å². The van der Waals surface area contributed by atoms with Gasteiger partial charge >= 0.3 is 6.09 Å². The molecule has 0 unspecified atom stereocenters. The quantitative estimate of drug-likeness (QED) is 0.483. The van der Waals surface area contributed by atoms with Gasteiger partial charge in [0.2, 0.25) is 5.88 Å². The summed E-state index contributed by atoms with van der Waals surface area (Å²) >= 11 is 0. The molecule has 0 bridgehead atoms. The van der Waals surface area contributed by atoms with Gasteiger partial charge in [0, 0.05) is 30.4 Å². The normalized spacial score (nSPS) is 18.1. The van der Waals surface area contributed by atoms with Gasteiger partial charge in [-0.1, -0.05) is 0 Å². The maximum atomic E-state index is 12.4. The Bertz CT molecular complexity index is 1190. The monoisotopic (exact) mass is 466 g/mol. The number of hydrogen-bond donors (Lipinski definition) is 2. The zero-order valence-electron chi connectivity index (χ0n) is 18.8. The van der Waals surface area contributed by atoms with Crippen LogP contribution in [0.3, 0.4) is 0 Å². The molecule has 10 heteroatoms. The largest absolute Gasteiger partial charge is 0.486 e. The van der Waals surface area contributed by atoms with Crippen molar-refractivity contribution in [1.82, 2.24) is 15.3 Å². The zero-order valence-corrected chi connectivity index (χ0v) is 18.8.